The first-order valence-electron chi connectivity index (χ1n) is 7.42. The summed E-state index contributed by atoms with van der Waals surface area (Å²) >= 11 is 0. The smallest absolute Gasteiger partial charge is 0.0202 e. The van der Waals surface area contributed by atoms with Crippen LogP contribution in [0.2, 0.25) is 0 Å². The van der Waals surface area contributed by atoms with Gasteiger partial charge in [-0.05, 0) is 19.3 Å². The van der Waals surface area contributed by atoms with Gasteiger partial charge in [-0.25, -0.2) is 0 Å². The van der Waals surface area contributed by atoms with Gasteiger partial charge in [0.15, 0.2) is 0 Å². The molecular formula is C17H30. The summed E-state index contributed by atoms with van der Waals surface area (Å²) in [5, 5.41) is 0. The van der Waals surface area contributed by atoms with E-state index in [4.69, 9.17) is 0 Å². The van der Waals surface area contributed by atoms with Crippen LogP contribution in [0.15, 0.2) is 0 Å². The van der Waals surface area contributed by atoms with Gasteiger partial charge in [0, 0.05) is 12.3 Å². The Balaban J connectivity index is 3.59. The summed E-state index contributed by atoms with van der Waals surface area (Å²) in [6.45, 7) is 9.95. The molecule has 0 aromatic carbocycles. The minimum atomic E-state index is 0.638. The molecule has 0 N–H and O–H groups in total. The first kappa shape index (κ1) is 16.6. The molecule has 1 atom stereocenters. The molecule has 0 aromatic heterocycles. The summed E-state index contributed by atoms with van der Waals surface area (Å²) in [7, 11) is 0. The van der Waals surface area contributed by atoms with Gasteiger partial charge in [-0.1, -0.05) is 71.6 Å². The molecule has 0 amide bonds. The summed E-state index contributed by atoms with van der Waals surface area (Å²) in [6, 6.07) is 0. The Morgan fingerprint density at radius 1 is 0.882 bits per heavy atom. The van der Waals surface area contributed by atoms with Gasteiger partial charge in [0.25, 0.3) is 0 Å². The van der Waals surface area contributed by atoms with Crippen molar-refractivity contribution in [2.24, 2.45) is 5.92 Å². The molecule has 0 aliphatic heterocycles. The lowest BCUT2D eigenvalue weighted by Crippen LogP contribution is -1.97. The molecule has 2 radical (unpaired) electrons. The predicted octanol–water partition coefficient (Wildman–Crippen LogP) is 5.59. The Kier molecular flexibility index (Phi) is 13.3. The van der Waals surface area contributed by atoms with Crippen molar-refractivity contribution in [2.75, 3.05) is 0 Å². The fourth-order valence-corrected chi connectivity index (χ4v) is 2.04. The molecule has 0 aliphatic carbocycles. The van der Waals surface area contributed by atoms with Crippen LogP contribution in [0.25, 0.3) is 0 Å². The van der Waals surface area contributed by atoms with Crippen molar-refractivity contribution in [1.29, 1.82) is 0 Å². The Bertz CT molecular complexity index is 194. The van der Waals surface area contributed by atoms with Crippen molar-refractivity contribution in [3.8, 4) is 11.8 Å². The van der Waals surface area contributed by atoms with Crippen molar-refractivity contribution >= 4 is 0 Å². The second-order valence-corrected chi connectivity index (χ2v) is 4.82. The van der Waals surface area contributed by atoms with Crippen LogP contribution >= 0.6 is 0 Å². The lowest BCUT2D eigenvalue weighted by atomic mass is 9.96. The van der Waals surface area contributed by atoms with E-state index in [-0.39, 0.29) is 0 Å². The van der Waals surface area contributed by atoms with Gasteiger partial charge in [0.05, 0.1) is 0 Å². The topological polar surface area (TPSA) is 0 Å². The molecule has 0 heterocycles. The molecule has 0 saturated heterocycles. The van der Waals surface area contributed by atoms with Crippen LogP contribution in [-0.4, -0.2) is 0 Å². The molecular weight excluding hydrogens is 204 g/mol. The quantitative estimate of drug-likeness (QED) is 0.341. The van der Waals surface area contributed by atoms with E-state index >= 15 is 0 Å². The Morgan fingerprint density at radius 2 is 1.59 bits per heavy atom. The maximum atomic E-state index is 3.87. The summed E-state index contributed by atoms with van der Waals surface area (Å²) in [5.74, 6) is 7.32. The van der Waals surface area contributed by atoms with E-state index in [2.05, 4.69) is 32.6 Å². The standard InChI is InChI=1S/C17H30/c1-4-7-9-10-11-13-16-17(14-6-3)15-12-8-5-2/h17H,1-2,4-11,13-14,16H2,3H3. The van der Waals surface area contributed by atoms with E-state index in [1.54, 1.807) is 0 Å². The van der Waals surface area contributed by atoms with Crippen LogP contribution in [0.5, 0.6) is 0 Å². The molecule has 0 bridgehead atoms. The maximum Gasteiger partial charge on any atom is 0.0202 e. The lowest BCUT2D eigenvalue weighted by Gasteiger charge is -2.08. The van der Waals surface area contributed by atoms with E-state index in [1.807, 2.05) is 0 Å². The number of hydrogen-bond acceptors (Lipinski definition) is 0. The monoisotopic (exact) mass is 234 g/mol. The summed E-state index contributed by atoms with van der Waals surface area (Å²) in [6.07, 6.45) is 13.6. The molecule has 0 heteroatoms. The summed E-state index contributed by atoms with van der Waals surface area (Å²) in [4.78, 5) is 0. The van der Waals surface area contributed by atoms with Crippen molar-refractivity contribution in [1.82, 2.24) is 0 Å². The highest BCUT2D eigenvalue weighted by molar-refractivity contribution is 5.03. The van der Waals surface area contributed by atoms with Crippen LogP contribution in [0.3, 0.4) is 0 Å². The molecule has 98 valence electrons. The van der Waals surface area contributed by atoms with Gasteiger partial charge in [0.1, 0.15) is 0 Å². The van der Waals surface area contributed by atoms with Gasteiger partial charge in [-0.3, -0.25) is 0 Å². The normalized spacial score (nSPS) is 11.9. The minimum Gasteiger partial charge on any atom is -0.103 e. The van der Waals surface area contributed by atoms with Crippen LogP contribution in [0, 0.1) is 31.6 Å². The first-order chi connectivity index (χ1) is 8.35. The number of hydrogen-bond donors (Lipinski definition) is 0. The van der Waals surface area contributed by atoms with Crippen molar-refractivity contribution < 1.29 is 0 Å². The first-order valence-corrected chi connectivity index (χ1v) is 7.42. The fourth-order valence-electron chi connectivity index (χ4n) is 2.04. The van der Waals surface area contributed by atoms with E-state index < -0.39 is 0 Å². The molecule has 0 aromatic rings. The zero-order chi connectivity index (χ0) is 12.8. The highest BCUT2D eigenvalue weighted by atomic mass is 14.1. The third-order valence-corrected chi connectivity index (χ3v) is 3.05. The molecule has 17 heavy (non-hydrogen) atoms. The van der Waals surface area contributed by atoms with E-state index in [0.29, 0.717) is 5.92 Å². The lowest BCUT2D eigenvalue weighted by molar-refractivity contribution is 0.502. The van der Waals surface area contributed by atoms with Crippen LogP contribution in [-0.2, 0) is 0 Å². The molecule has 0 rings (SSSR count). The summed E-state index contributed by atoms with van der Waals surface area (Å²) in [5.41, 5.74) is 0. The molecule has 0 nitrogen and oxygen atoms in total. The van der Waals surface area contributed by atoms with Gasteiger partial charge < -0.3 is 0 Å². The highest BCUT2D eigenvalue weighted by Crippen LogP contribution is 2.16. The zero-order valence-corrected chi connectivity index (χ0v) is 11.8. The second kappa shape index (κ2) is 13.6. The minimum absolute atomic E-state index is 0.638. The molecule has 0 saturated carbocycles. The fraction of sp³-hybridized carbons (Fsp3) is 0.765. The predicted molar refractivity (Wildman–Crippen MR) is 78.4 cm³/mol. The van der Waals surface area contributed by atoms with Crippen LogP contribution in [0.1, 0.15) is 77.6 Å². The average Bonchev–Trinajstić information content (AvgIpc) is 2.34. The Morgan fingerprint density at radius 3 is 2.24 bits per heavy atom. The number of unbranched alkanes of at least 4 members (excludes halogenated alkanes) is 6. The van der Waals surface area contributed by atoms with Crippen LogP contribution in [0.4, 0.5) is 0 Å². The average molecular weight is 234 g/mol. The zero-order valence-electron chi connectivity index (χ0n) is 11.8. The van der Waals surface area contributed by atoms with Crippen molar-refractivity contribution in [2.45, 2.75) is 77.6 Å². The van der Waals surface area contributed by atoms with Gasteiger partial charge in [-0.2, -0.15) is 0 Å². The van der Waals surface area contributed by atoms with Gasteiger partial charge in [0.2, 0.25) is 0 Å². The van der Waals surface area contributed by atoms with Crippen LogP contribution < -0.4 is 0 Å². The van der Waals surface area contributed by atoms with Crippen molar-refractivity contribution in [3.63, 3.8) is 0 Å². The number of rotatable bonds is 10. The molecule has 0 spiro atoms. The molecule has 0 aliphatic rings. The third kappa shape index (κ3) is 11.8. The second-order valence-electron chi connectivity index (χ2n) is 4.82. The van der Waals surface area contributed by atoms with E-state index in [1.165, 1.54) is 51.4 Å². The molecule has 0 fully saturated rings. The molecule has 1 unspecified atom stereocenters. The van der Waals surface area contributed by atoms with E-state index in [0.717, 1.165) is 19.3 Å². The SMILES string of the molecule is [CH2]CCC#CC(CCC)CCCCCCC[CH2]. The third-order valence-electron chi connectivity index (χ3n) is 3.05. The highest BCUT2D eigenvalue weighted by Gasteiger charge is 2.03. The Labute approximate surface area is 110 Å². The van der Waals surface area contributed by atoms with Gasteiger partial charge in [-0.15, -0.1) is 5.92 Å². The largest absolute Gasteiger partial charge is 0.103 e. The van der Waals surface area contributed by atoms with E-state index in [9.17, 15) is 0 Å². The van der Waals surface area contributed by atoms with Gasteiger partial charge >= 0.3 is 0 Å². The van der Waals surface area contributed by atoms with Crippen molar-refractivity contribution in [3.05, 3.63) is 13.8 Å². The Hall–Kier alpha value is -0.440. The summed E-state index contributed by atoms with van der Waals surface area (Å²) < 4.78 is 0. The maximum absolute atomic E-state index is 3.87.